The largest absolute Gasteiger partial charge is 0.573 e. The molecule has 0 bridgehead atoms. The highest BCUT2D eigenvalue weighted by atomic mass is 32.2. The number of nitrogens with one attached hydrogen (secondary N) is 1. The maximum atomic E-state index is 12.7. The van der Waals surface area contributed by atoms with Gasteiger partial charge in [-0.25, -0.2) is 13.1 Å². The van der Waals surface area contributed by atoms with Crippen LogP contribution in [-0.4, -0.2) is 38.8 Å². The molecule has 0 aromatic heterocycles. The van der Waals surface area contributed by atoms with Crippen LogP contribution in [0.3, 0.4) is 0 Å². The molecule has 0 aliphatic carbocycles. The third kappa shape index (κ3) is 7.09. The molecule has 1 N–H and O–H groups in total. The van der Waals surface area contributed by atoms with E-state index >= 15 is 0 Å². The lowest BCUT2D eigenvalue weighted by molar-refractivity contribution is -0.274. The van der Waals surface area contributed by atoms with Crippen molar-refractivity contribution in [1.82, 2.24) is 9.62 Å². The predicted molar refractivity (Wildman–Crippen MR) is 133 cm³/mol. The fourth-order valence-electron chi connectivity index (χ4n) is 4.36. The Morgan fingerprint density at radius 1 is 0.917 bits per heavy atom. The maximum Gasteiger partial charge on any atom is 0.573 e. The molecule has 1 aliphatic rings. The highest BCUT2D eigenvalue weighted by molar-refractivity contribution is 7.89. The summed E-state index contributed by atoms with van der Waals surface area (Å²) in [6, 6.07) is 20.7. The van der Waals surface area contributed by atoms with Crippen molar-refractivity contribution in [3.05, 3.63) is 83.9 Å². The zero-order valence-electron chi connectivity index (χ0n) is 20.0. The van der Waals surface area contributed by atoms with Crippen molar-refractivity contribution in [3.8, 4) is 16.9 Å². The zero-order chi connectivity index (χ0) is 25.8. The SMILES string of the molecule is C[C@@H]1CCCN1CCc1ccc(-c2ccc(S(=O)(=O)NCc3ccc(OC(F)(F)F)cc3)cc2)cc1. The Hall–Kier alpha value is -2.88. The van der Waals surface area contributed by atoms with E-state index in [4.69, 9.17) is 0 Å². The molecule has 1 heterocycles. The molecule has 0 unspecified atom stereocenters. The number of halogens is 3. The van der Waals surface area contributed by atoms with Crippen LogP contribution >= 0.6 is 0 Å². The van der Waals surface area contributed by atoms with Gasteiger partial charge in [0.2, 0.25) is 10.0 Å². The van der Waals surface area contributed by atoms with Gasteiger partial charge in [-0.15, -0.1) is 13.2 Å². The average molecular weight is 519 g/mol. The molecule has 3 aromatic carbocycles. The fraction of sp³-hybridized carbons (Fsp3) is 0.333. The first-order valence-corrected chi connectivity index (χ1v) is 13.4. The molecule has 36 heavy (non-hydrogen) atoms. The van der Waals surface area contributed by atoms with Crippen molar-refractivity contribution in [2.45, 2.75) is 50.0 Å². The molecular formula is C27H29F3N2O3S. The Bertz CT molecular complexity index is 1240. The number of benzene rings is 3. The summed E-state index contributed by atoms with van der Waals surface area (Å²) in [6.07, 6.45) is -1.22. The van der Waals surface area contributed by atoms with Gasteiger partial charge in [-0.05, 0) is 79.3 Å². The van der Waals surface area contributed by atoms with Gasteiger partial charge in [-0.1, -0.05) is 48.5 Å². The van der Waals surface area contributed by atoms with E-state index in [-0.39, 0.29) is 17.2 Å². The van der Waals surface area contributed by atoms with Crippen LogP contribution in [0.15, 0.2) is 77.7 Å². The lowest BCUT2D eigenvalue weighted by Crippen LogP contribution is -2.28. The molecule has 0 radical (unpaired) electrons. The highest BCUT2D eigenvalue weighted by Crippen LogP contribution is 2.24. The van der Waals surface area contributed by atoms with Crippen LogP contribution in [0.2, 0.25) is 0 Å². The van der Waals surface area contributed by atoms with E-state index < -0.39 is 16.4 Å². The predicted octanol–water partition coefficient (Wildman–Crippen LogP) is 5.76. The number of alkyl halides is 3. The quantitative estimate of drug-likeness (QED) is 0.392. The number of hydrogen-bond donors (Lipinski definition) is 1. The molecule has 1 aliphatic heterocycles. The van der Waals surface area contributed by atoms with Gasteiger partial charge in [-0.2, -0.15) is 0 Å². The van der Waals surface area contributed by atoms with Crippen molar-refractivity contribution in [3.63, 3.8) is 0 Å². The molecule has 4 rings (SSSR count). The first-order valence-electron chi connectivity index (χ1n) is 11.9. The smallest absolute Gasteiger partial charge is 0.406 e. The minimum absolute atomic E-state index is 0.0615. The van der Waals surface area contributed by atoms with E-state index in [2.05, 4.69) is 45.5 Å². The highest BCUT2D eigenvalue weighted by Gasteiger charge is 2.31. The van der Waals surface area contributed by atoms with Crippen LogP contribution in [-0.2, 0) is 23.0 Å². The van der Waals surface area contributed by atoms with Gasteiger partial charge >= 0.3 is 6.36 Å². The molecule has 0 spiro atoms. The second kappa shape index (κ2) is 11.0. The third-order valence-corrected chi connectivity index (χ3v) is 7.87. The van der Waals surface area contributed by atoms with E-state index in [0.29, 0.717) is 11.6 Å². The van der Waals surface area contributed by atoms with Gasteiger partial charge in [0.15, 0.2) is 0 Å². The number of ether oxygens (including phenoxy) is 1. The molecule has 192 valence electrons. The topological polar surface area (TPSA) is 58.6 Å². The summed E-state index contributed by atoms with van der Waals surface area (Å²) in [5, 5.41) is 0. The lowest BCUT2D eigenvalue weighted by atomic mass is 10.0. The van der Waals surface area contributed by atoms with E-state index in [9.17, 15) is 21.6 Å². The average Bonchev–Trinajstić information content (AvgIpc) is 3.26. The monoisotopic (exact) mass is 518 g/mol. The van der Waals surface area contributed by atoms with Crippen LogP contribution in [0.1, 0.15) is 30.9 Å². The van der Waals surface area contributed by atoms with Crippen LogP contribution in [0.25, 0.3) is 11.1 Å². The van der Waals surface area contributed by atoms with Crippen LogP contribution in [0.5, 0.6) is 5.75 Å². The van der Waals surface area contributed by atoms with Crippen molar-refractivity contribution < 1.29 is 26.3 Å². The number of nitrogens with zero attached hydrogens (tertiary/aromatic N) is 1. The number of sulfonamides is 1. The fourth-order valence-corrected chi connectivity index (χ4v) is 5.38. The molecule has 0 saturated carbocycles. The summed E-state index contributed by atoms with van der Waals surface area (Å²) < 4.78 is 68.4. The minimum Gasteiger partial charge on any atom is -0.406 e. The van der Waals surface area contributed by atoms with Crippen molar-refractivity contribution >= 4 is 10.0 Å². The molecule has 0 amide bonds. The Kier molecular flexibility index (Phi) is 8.02. The van der Waals surface area contributed by atoms with Gasteiger partial charge in [0.25, 0.3) is 0 Å². The third-order valence-electron chi connectivity index (χ3n) is 6.45. The molecule has 3 aromatic rings. The number of hydrogen-bond acceptors (Lipinski definition) is 4. The van der Waals surface area contributed by atoms with E-state index in [1.165, 1.54) is 37.1 Å². The van der Waals surface area contributed by atoms with Crippen LogP contribution < -0.4 is 9.46 Å². The van der Waals surface area contributed by atoms with E-state index in [1.807, 2.05) is 0 Å². The van der Waals surface area contributed by atoms with Crippen LogP contribution in [0, 0.1) is 0 Å². The molecule has 1 fully saturated rings. The van der Waals surface area contributed by atoms with Gasteiger partial charge in [0, 0.05) is 19.1 Å². The van der Waals surface area contributed by atoms with Gasteiger partial charge in [0.05, 0.1) is 4.90 Å². The summed E-state index contributed by atoms with van der Waals surface area (Å²) in [6.45, 7) is 4.45. The molecule has 9 heteroatoms. The van der Waals surface area contributed by atoms with E-state index in [0.717, 1.165) is 36.2 Å². The Labute approximate surface area is 210 Å². The Balaban J connectivity index is 1.33. The molecular weight excluding hydrogens is 489 g/mol. The standard InChI is InChI=1S/C27H29F3N2O3S/c1-20-3-2-17-32(20)18-16-21-4-8-23(9-5-21)24-10-14-26(15-11-24)36(33,34)31-19-22-6-12-25(13-7-22)35-27(28,29)30/h4-15,20,31H,2-3,16-19H2,1H3/t20-/m1/s1. The zero-order valence-corrected chi connectivity index (χ0v) is 20.8. The number of likely N-dealkylation sites (tertiary alicyclic amines) is 1. The molecule has 1 saturated heterocycles. The second-order valence-corrected chi connectivity index (χ2v) is 10.8. The van der Waals surface area contributed by atoms with Gasteiger partial charge in [0.1, 0.15) is 5.75 Å². The van der Waals surface area contributed by atoms with E-state index in [1.54, 1.807) is 24.3 Å². The summed E-state index contributed by atoms with van der Waals surface area (Å²) >= 11 is 0. The summed E-state index contributed by atoms with van der Waals surface area (Å²) in [5.41, 5.74) is 3.70. The van der Waals surface area contributed by atoms with Gasteiger partial charge in [-0.3, -0.25) is 0 Å². The minimum atomic E-state index is -4.77. The Morgan fingerprint density at radius 3 is 2.06 bits per heavy atom. The van der Waals surface area contributed by atoms with Crippen molar-refractivity contribution in [2.24, 2.45) is 0 Å². The number of rotatable bonds is 9. The second-order valence-electron chi connectivity index (χ2n) is 9.01. The van der Waals surface area contributed by atoms with Crippen LogP contribution in [0.4, 0.5) is 13.2 Å². The van der Waals surface area contributed by atoms with Crippen molar-refractivity contribution in [2.75, 3.05) is 13.1 Å². The first kappa shape index (κ1) is 26.2. The Morgan fingerprint density at radius 2 is 1.50 bits per heavy atom. The lowest BCUT2D eigenvalue weighted by Gasteiger charge is -2.20. The summed E-state index contributed by atoms with van der Waals surface area (Å²) in [4.78, 5) is 2.64. The maximum absolute atomic E-state index is 12.7. The van der Waals surface area contributed by atoms with Crippen molar-refractivity contribution in [1.29, 1.82) is 0 Å². The van der Waals surface area contributed by atoms with Gasteiger partial charge < -0.3 is 9.64 Å². The molecule has 5 nitrogen and oxygen atoms in total. The summed E-state index contributed by atoms with van der Waals surface area (Å²) in [7, 11) is -3.79. The summed E-state index contributed by atoms with van der Waals surface area (Å²) in [5.74, 6) is -0.362. The normalized spacial score (nSPS) is 16.8. The first-order chi connectivity index (χ1) is 17.1. The molecule has 1 atom stereocenters.